The molecule has 1 rings (SSSR count). The molecule has 0 heterocycles. The lowest BCUT2D eigenvalue weighted by Gasteiger charge is -2.18. The zero-order chi connectivity index (χ0) is 11.1. The second-order valence-electron chi connectivity index (χ2n) is 3.59. The van der Waals surface area contributed by atoms with E-state index < -0.39 is 0 Å². The quantitative estimate of drug-likeness (QED) is 0.738. The van der Waals surface area contributed by atoms with E-state index in [1.165, 1.54) is 5.56 Å². The summed E-state index contributed by atoms with van der Waals surface area (Å²) in [4.78, 5) is 2.04. The molecule has 0 saturated heterocycles. The molecule has 0 fully saturated rings. The Kier molecular flexibility index (Phi) is 5.15. The molecule has 1 aromatic carbocycles. The summed E-state index contributed by atoms with van der Waals surface area (Å²) in [5, 5.41) is 12.1. The second kappa shape index (κ2) is 6.43. The zero-order valence-corrected chi connectivity index (χ0v) is 9.53. The van der Waals surface area contributed by atoms with Gasteiger partial charge in [-0.25, -0.2) is 0 Å². The average Bonchev–Trinajstić information content (AvgIpc) is 2.27. The van der Waals surface area contributed by atoms with E-state index in [-0.39, 0.29) is 6.61 Å². The Bertz CT molecular complexity index is 271. The molecule has 0 amide bonds. The Morgan fingerprint density at radius 1 is 1.27 bits per heavy atom. The number of nitrogens with one attached hydrogen (secondary N) is 1. The van der Waals surface area contributed by atoms with Crippen molar-refractivity contribution in [2.75, 3.05) is 31.6 Å². The number of hydrogen-bond acceptors (Lipinski definition) is 3. The van der Waals surface area contributed by atoms with Crippen LogP contribution in [-0.2, 0) is 6.54 Å². The van der Waals surface area contributed by atoms with Crippen molar-refractivity contribution >= 4 is 5.69 Å². The first-order valence-corrected chi connectivity index (χ1v) is 5.39. The molecule has 0 unspecified atom stereocenters. The molecule has 2 N–H and O–H groups in total. The van der Waals surface area contributed by atoms with E-state index >= 15 is 0 Å². The molecule has 0 aliphatic heterocycles. The highest BCUT2D eigenvalue weighted by Crippen LogP contribution is 2.13. The first-order chi connectivity index (χ1) is 7.27. The van der Waals surface area contributed by atoms with Crippen LogP contribution in [0.1, 0.15) is 12.5 Å². The summed E-state index contributed by atoms with van der Waals surface area (Å²) in [5.74, 6) is 0. The van der Waals surface area contributed by atoms with Crippen molar-refractivity contribution in [3.05, 3.63) is 29.8 Å². The minimum atomic E-state index is 0.190. The molecule has 15 heavy (non-hydrogen) atoms. The number of hydrogen-bond donors (Lipinski definition) is 2. The van der Waals surface area contributed by atoms with Crippen molar-refractivity contribution in [2.24, 2.45) is 0 Å². The molecule has 0 saturated carbocycles. The largest absolute Gasteiger partial charge is 0.395 e. The van der Waals surface area contributed by atoms with E-state index in [1.807, 2.05) is 11.9 Å². The van der Waals surface area contributed by atoms with E-state index in [0.717, 1.165) is 18.8 Å². The van der Waals surface area contributed by atoms with Gasteiger partial charge < -0.3 is 15.3 Å². The van der Waals surface area contributed by atoms with Crippen molar-refractivity contribution in [1.82, 2.24) is 5.32 Å². The number of rotatable bonds is 6. The van der Waals surface area contributed by atoms with Crippen LogP contribution in [0.25, 0.3) is 0 Å². The first kappa shape index (κ1) is 12.0. The molecule has 3 heteroatoms. The average molecular weight is 208 g/mol. The summed E-state index contributed by atoms with van der Waals surface area (Å²) in [6, 6.07) is 8.41. The Balaban J connectivity index is 2.55. The minimum absolute atomic E-state index is 0.190. The Morgan fingerprint density at radius 3 is 2.47 bits per heavy atom. The maximum absolute atomic E-state index is 8.82. The van der Waals surface area contributed by atoms with E-state index in [1.54, 1.807) is 0 Å². The molecule has 0 aliphatic carbocycles. The summed E-state index contributed by atoms with van der Waals surface area (Å²) in [6.07, 6.45) is 0. The second-order valence-corrected chi connectivity index (χ2v) is 3.59. The normalized spacial score (nSPS) is 10.3. The predicted octanol–water partition coefficient (Wildman–Crippen LogP) is 1.22. The summed E-state index contributed by atoms with van der Waals surface area (Å²) >= 11 is 0. The Morgan fingerprint density at radius 2 is 1.93 bits per heavy atom. The molecule has 0 spiro atoms. The van der Waals surface area contributed by atoms with Crippen LogP contribution in [0.2, 0.25) is 0 Å². The fourth-order valence-corrected chi connectivity index (χ4v) is 1.42. The van der Waals surface area contributed by atoms with Gasteiger partial charge in [0.1, 0.15) is 0 Å². The molecule has 0 bridgehead atoms. The molecule has 84 valence electrons. The minimum Gasteiger partial charge on any atom is -0.395 e. The Hall–Kier alpha value is -1.06. The smallest absolute Gasteiger partial charge is 0.0606 e. The third-order valence-corrected chi connectivity index (χ3v) is 2.39. The van der Waals surface area contributed by atoms with Gasteiger partial charge in [-0.3, -0.25) is 0 Å². The lowest BCUT2D eigenvalue weighted by atomic mass is 10.2. The first-order valence-electron chi connectivity index (χ1n) is 5.39. The number of aliphatic hydroxyl groups excluding tert-OH is 1. The van der Waals surface area contributed by atoms with Crippen LogP contribution in [0, 0.1) is 0 Å². The lowest BCUT2D eigenvalue weighted by Crippen LogP contribution is -2.21. The van der Waals surface area contributed by atoms with Crippen LogP contribution >= 0.6 is 0 Å². The van der Waals surface area contributed by atoms with Gasteiger partial charge in [0.2, 0.25) is 0 Å². The van der Waals surface area contributed by atoms with Crippen molar-refractivity contribution in [1.29, 1.82) is 0 Å². The number of aliphatic hydroxyl groups is 1. The third kappa shape index (κ3) is 3.90. The van der Waals surface area contributed by atoms with Crippen molar-refractivity contribution in [2.45, 2.75) is 13.5 Å². The highest BCUT2D eigenvalue weighted by Gasteiger charge is 1.99. The SMILES string of the molecule is CCNCc1ccc(N(C)CCO)cc1. The molecular formula is C12H20N2O. The number of benzene rings is 1. The summed E-state index contributed by atoms with van der Waals surface area (Å²) in [6.45, 7) is 4.87. The molecule has 0 radical (unpaired) electrons. The van der Waals surface area contributed by atoms with E-state index in [9.17, 15) is 0 Å². The van der Waals surface area contributed by atoms with Crippen molar-refractivity contribution in [3.63, 3.8) is 0 Å². The summed E-state index contributed by atoms with van der Waals surface area (Å²) in [7, 11) is 1.98. The molecule has 0 aliphatic rings. The molecule has 1 aromatic rings. The topological polar surface area (TPSA) is 35.5 Å². The maximum Gasteiger partial charge on any atom is 0.0606 e. The van der Waals surface area contributed by atoms with Gasteiger partial charge in [0, 0.05) is 25.8 Å². The monoisotopic (exact) mass is 208 g/mol. The standard InChI is InChI=1S/C12H20N2O/c1-3-13-10-11-4-6-12(7-5-11)14(2)8-9-15/h4-7,13,15H,3,8-10H2,1-2H3. The van der Waals surface area contributed by atoms with Gasteiger partial charge in [0.25, 0.3) is 0 Å². The van der Waals surface area contributed by atoms with Gasteiger partial charge in [0.05, 0.1) is 6.61 Å². The van der Waals surface area contributed by atoms with Gasteiger partial charge in [-0.05, 0) is 24.2 Å². The number of anilines is 1. The fourth-order valence-electron chi connectivity index (χ4n) is 1.42. The van der Waals surface area contributed by atoms with Crippen LogP contribution in [0.4, 0.5) is 5.69 Å². The number of nitrogens with zero attached hydrogens (tertiary/aromatic N) is 1. The summed E-state index contributed by atoms with van der Waals surface area (Å²) < 4.78 is 0. The molecular weight excluding hydrogens is 188 g/mol. The highest BCUT2D eigenvalue weighted by atomic mass is 16.3. The van der Waals surface area contributed by atoms with Crippen LogP contribution in [0.3, 0.4) is 0 Å². The van der Waals surface area contributed by atoms with Crippen LogP contribution in [0.5, 0.6) is 0 Å². The molecule has 0 atom stereocenters. The van der Waals surface area contributed by atoms with Crippen molar-refractivity contribution in [3.8, 4) is 0 Å². The zero-order valence-electron chi connectivity index (χ0n) is 9.53. The van der Waals surface area contributed by atoms with Gasteiger partial charge >= 0.3 is 0 Å². The maximum atomic E-state index is 8.82. The van der Waals surface area contributed by atoms with Gasteiger partial charge in [-0.1, -0.05) is 19.1 Å². The summed E-state index contributed by atoms with van der Waals surface area (Å²) in [5.41, 5.74) is 2.43. The lowest BCUT2D eigenvalue weighted by molar-refractivity contribution is 0.304. The van der Waals surface area contributed by atoms with Crippen molar-refractivity contribution < 1.29 is 5.11 Å². The van der Waals surface area contributed by atoms with Gasteiger partial charge in [-0.15, -0.1) is 0 Å². The third-order valence-electron chi connectivity index (χ3n) is 2.39. The number of likely N-dealkylation sites (N-methyl/N-ethyl adjacent to an activating group) is 1. The van der Waals surface area contributed by atoms with E-state index in [4.69, 9.17) is 5.11 Å². The Labute approximate surface area is 91.7 Å². The van der Waals surface area contributed by atoms with E-state index in [2.05, 4.69) is 36.5 Å². The predicted molar refractivity (Wildman–Crippen MR) is 64.2 cm³/mol. The van der Waals surface area contributed by atoms with Gasteiger partial charge in [-0.2, -0.15) is 0 Å². The fraction of sp³-hybridized carbons (Fsp3) is 0.500. The molecule has 0 aromatic heterocycles. The van der Waals surface area contributed by atoms with Gasteiger partial charge in [0.15, 0.2) is 0 Å². The van der Waals surface area contributed by atoms with Crippen LogP contribution in [0.15, 0.2) is 24.3 Å². The molecule has 3 nitrogen and oxygen atoms in total. The van der Waals surface area contributed by atoms with E-state index in [0.29, 0.717) is 6.54 Å². The van der Waals surface area contributed by atoms with Crippen LogP contribution < -0.4 is 10.2 Å². The van der Waals surface area contributed by atoms with Crippen LogP contribution in [-0.4, -0.2) is 31.9 Å². The highest BCUT2D eigenvalue weighted by molar-refractivity contribution is 5.46.